The minimum Gasteiger partial charge on any atom is -0.503 e. The second kappa shape index (κ2) is 5.22. The predicted molar refractivity (Wildman–Crippen MR) is 74.7 cm³/mol. The number of halogens is 2. The van der Waals surface area contributed by atoms with Crippen LogP contribution in [0.3, 0.4) is 0 Å². The topological polar surface area (TPSA) is 87.7 Å². The number of carbonyl (C=O) groups excluding carboxylic acids is 2. The van der Waals surface area contributed by atoms with Crippen molar-refractivity contribution >= 4 is 49.9 Å². The quantitative estimate of drug-likeness (QED) is 0.532. The van der Waals surface area contributed by atoms with Gasteiger partial charge in [-0.15, -0.1) is 0 Å². The van der Waals surface area contributed by atoms with E-state index in [2.05, 4.69) is 42.5 Å². The number of aromatic hydroxyl groups is 1. The lowest BCUT2D eigenvalue weighted by atomic mass is 10.1. The molecule has 0 aromatic heterocycles. The Morgan fingerprint density at radius 2 is 1.95 bits per heavy atom. The molecule has 0 spiro atoms. The highest BCUT2D eigenvalue weighted by atomic mass is 79.9. The van der Waals surface area contributed by atoms with Crippen LogP contribution in [0.5, 0.6) is 11.5 Å². The standard InChI is InChI=1S/C11H8Br2N2O4/c1-19-6-3-4(7(12)8(13)9(6)16)2-5-10(17)15-11(18)14-5/h2-3,16H,1H3,(H2,14,15,17,18)/b5-2-. The third kappa shape index (κ3) is 2.59. The highest BCUT2D eigenvalue weighted by molar-refractivity contribution is 9.13. The maximum Gasteiger partial charge on any atom is 0.326 e. The van der Waals surface area contributed by atoms with Crippen LogP contribution in [0.2, 0.25) is 0 Å². The molecule has 3 amide bonds. The van der Waals surface area contributed by atoms with Gasteiger partial charge in [0.2, 0.25) is 0 Å². The molecule has 1 fully saturated rings. The van der Waals surface area contributed by atoms with E-state index < -0.39 is 11.9 Å². The molecule has 2 rings (SSSR count). The highest BCUT2D eigenvalue weighted by Crippen LogP contribution is 2.42. The third-order valence-corrected chi connectivity index (χ3v) is 4.57. The first kappa shape index (κ1) is 13.9. The summed E-state index contributed by atoms with van der Waals surface area (Å²) >= 11 is 6.49. The fraction of sp³-hybridized carbons (Fsp3) is 0.0909. The molecule has 1 aliphatic rings. The van der Waals surface area contributed by atoms with Crippen LogP contribution >= 0.6 is 31.9 Å². The molecular formula is C11H8Br2N2O4. The van der Waals surface area contributed by atoms with Crippen LogP contribution < -0.4 is 15.4 Å². The van der Waals surface area contributed by atoms with E-state index >= 15 is 0 Å². The third-order valence-electron chi connectivity index (χ3n) is 2.41. The maximum atomic E-state index is 11.4. The van der Waals surface area contributed by atoms with Gasteiger partial charge in [-0.1, -0.05) is 0 Å². The van der Waals surface area contributed by atoms with Crippen molar-refractivity contribution in [3.05, 3.63) is 26.3 Å². The molecule has 0 aliphatic carbocycles. The zero-order valence-corrected chi connectivity index (χ0v) is 12.8. The number of nitrogens with one attached hydrogen (secondary N) is 2. The Bertz CT molecular complexity index is 613. The molecule has 0 atom stereocenters. The molecule has 1 aliphatic heterocycles. The molecule has 0 bridgehead atoms. The predicted octanol–water partition coefficient (Wildman–Crippen LogP) is 2.11. The van der Waals surface area contributed by atoms with Crippen LogP contribution in [0.1, 0.15) is 5.56 Å². The summed E-state index contributed by atoms with van der Waals surface area (Å²) in [7, 11) is 1.41. The van der Waals surface area contributed by atoms with Crippen molar-refractivity contribution in [1.82, 2.24) is 10.6 Å². The van der Waals surface area contributed by atoms with Crippen molar-refractivity contribution in [2.45, 2.75) is 0 Å². The molecule has 100 valence electrons. The van der Waals surface area contributed by atoms with Gasteiger partial charge in [0.25, 0.3) is 5.91 Å². The van der Waals surface area contributed by atoms with E-state index in [-0.39, 0.29) is 17.2 Å². The van der Waals surface area contributed by atoms with Crippen molar-refractivity contribution in [3.63, 3.8) is 0 Å². The summed E-state index contributed by atoms with van der Waals surface area (Å²) in [6, 6.07) is 0.965. The first-order chi connectivity index (χ1) is 8.93. The van der Waals surface area contributed by atoms with Crippen molar-refractivity contribution < 1.29 is 19.4 Å². The van der Waals surface area contributed by atoms with Gasteiger partial charge in [-0.2, -0.15) is 0 Å². The fourth-order valence-corrected chi connectivity index (χ4v) is 2.35. The average molecular weight is 392 g/mol. The van der Waals surface area contributed by atoms with Crippen LogP contribution in [0.25, 0.3) is 6.08 Å². The number of hydrogen-bond acceptors (Lipinski definition) is 4. The molecule has 6 nitrogen and oxygen atoms in total. The molecule has 1 aromatic carbocycles. The van der Waals surface area contributed by atoms with E-state index in [0.29, 0.717) is 14.5 Å². The summed E-state index contributed by atoms with van der Waals surface area (Å²) in [6.45, 7) is 0. The minimum atomic E-state index is -0.572. The molecule has 1 saturated heterocycles. The number of imide groups is 1. The zero-order valence-electron chi connectivity index (χ0n) is 9.58. The number of amides is 3. The Morgan fingerprint density at radius 3 is 2.47 bits per heavy atom. The van der Waals surface area contributed by atoms with E-state index in [1.54, 1.807) is 0 Å². The molecule has 0 saturated carbocycles. The first-order valence-electron chi connectivity index (χ1n) is 5.03. The minimum absolute atomic E-state index is 0.0589. The second-order valence-corrected chi connectivity index (χ2v) is 5.20. The lowest BCUT2D eigenvalue weighted by molar-refractivity contribution is -0.115. The van der Waals surface area contributed by atoms with Crippen LogP contribution in [0.15, 0.2) is 20.7 Å². The highest BCUT2D eigenvalue weighted by Gasteiger charge is 2.24. The summed E-state index contributed by atoms with van der Waals surface area (Å²) in [4.78, 5) is 22.4. The van der Waals surface area contributed by atoms with Crippen molar-refractivity contribution in [2.75, 3.05) is 7.11 Å². The molecule has 19 heavy (non-hydrogen) atoms. The Balaban J connectivity index is 2.52. The number of hydrogen-bond donors (Lipinski definition) is 3. The van der Waals surface area contributed by atoms with Gasteiger partial charge in [-0.25, -0.2) is 4.79 Å². The molecule has 8 heteroatoms. The summed E-state index contributed by atoms with van der Waals surface area (Å²) in [6.07, 6.45) is 1.47. The molecular weight excluding hydrogens is 384 g/mol. The zero-order chi connectivity index (χ0) is 14.2. The van der Waals surface area contributed by atoms with Gasteiger partial charge in [0.15, 0.2) is 11.5 Å². The van der Waals surface area contributed by atoms with Crippen LogP contribution in [-0.2, 0) is 4.79 Å². The molecule has 1 aromatic rings. The first-order valence-corrected chi connectivity index (χ1v) is 6.61. The van der Waals surface area contributed by atoms with Gasteiger partial charge in [0, 0.05) is 4.47 Å². The summed E-state index contributed by atoms with van der Waals surface area (Å²) < 4.78 is 5.94. The fourth-order valence-electron chi connectivity index (χ4n) is 1.51. The lowest BCUT2D eigenvalue weighted by Crippen LogP contribution is -2.22. The summed E-state index contributed by atoms with van der Waals surface area (Å²) in [5, 5.41) is 14.3. The van der Waals surface area contributed by atoms with Crippen LogP contribution in [0, 0.1) is 0 Å². The largest absolute Gasteiger partial charge is 0.503 e. The molecule has 0 radical (unpaired) electrons. The Labute approximate surface area is 125 Å². The maximum absolute atomic E-state index is 11.4. The Morgan fingerprint density at radius 1 is 1.26 bits per heavy atom. The van der Waals surface area contributed by atoms with E-state index in [0.717, 1.165) is 0 Å². The SMILES string of the molecule is COc1cc(/C=C2\NC(=O)NC2=O)c(Br)c(Br)c1O. The van der Waals surface area contributed by atoms with Gasteiger partial charge in [-0.05, 0) is 49.6 Å². The number of rotatable bonds is 2. The average Bonchev–Trinajstić information content (AvgIpc) is 2.68. The van der Waals surface area contributed by atoms with Crippen LogP contribution in [0.4, 0.5) is 4.79 Å². The van der Waals surface area contributed by atoms with E-state index in [9.17, 15) is 14.7 Å². The van der Waals surface area contributed by atoms with Crippen molar-refractivity contribution in [3.8, 4) is 11.5 Å². The lowest BCUT2D eigenvalue weighted by Gasteiger charge is -2.10. The van der Waals surface area contributed by atoms with E-state index in [1.807, 2.05) is 0 Å². The number of methoxy groups -OCH3 is 1. The summed E-state index contributed by atoms with van der Waals surface area (Å²) in [5.74, 6) is -0.330. The molecule has 1 heterocycles. The normalized spacial score (nSPS) is 16.5. The number of carbonyl (C=O) groups is 2. The van der Waals surface area contributed by atoms with Crippen molar-refractivity contribution in [2.24, 2.45) is 0 Å². The number of benzene rings is 1. The Hall–Kier alpha value is -1.54. The number of ether oxygens (including phenoxy) is 1. The van der Waals surface area contributed by atoms with E-state index in [4.69, 9.17) is 4.74 Å². The Kier molecular flexibility index (Phi) is 3.81. The van der Waals surface area contributed by atoms with Gasteiger partial charge in [-0.3, -0.25) is 10.1 Å². The van der Waals surface area contributed by atoms with Gasteiger partial charge < -0.3 is 15.2 Å². The van der Waals surface area contributed by atoms with Gasteiger partial charge in [0.05, 0.1) is 11.6 Å². The summed E-state index contributed by atoms with van der Waals surface area (Å²) in [5.41, 5.74) is 0.680. The molecule has 0 unspecified atom stereocenters. The molecule has 3 N–H and O–H groups in total. The van der Waals surface area contributed by atoms with Crippen LogP contribution in [-0.4, -0.2) is 24.2 Å². The monoisotopic (exact) mass is 390 g/mol. The number of phenols is 1. The van der Waals surface area contributed by atoms with Gasteiger partial charge in [0.1, 0.15) is 5.70 Å². The smallest absolute Gasteiger partial charge is 0.326 e. The number of phenolic OH excluding ortho intramolecular Hbond substituents is 1. The second-order valence-electron chi connectivity index (χ2n) is 3.61. The van der Waals surface area contributed by atoms with E-state index in [1.165, 1.54) is 19.3 Å². The van der Waals surface area contributed by atoms with Gasteiger partial charge >= 0.3 is 6.03 Å². The number of urea groups is 1. The van der Waals surface area contributed by atoms with Crippen molar-refractivity contribution in [1.29, 1.82) is 0 Å².